The van der Waals surface area contributed by atoms with Crippen LogP contribution >= 0.6 is 11.3 Å². The first-order valence-electron chi connectivity index (χ1n) is 7.53. The molecule has 1 aromatic carbocycles. The maximum atomic E-state index is 11.9. The van der Waals surface area contributed by atoms with E-state index >= 15 is 0 Å². The van der Waals surface area contributed by atoms with Crippen molar-refractivity contribution in [3.63, 3.8) is 0 Å². The van der Waals surface area contributed by atoms with Gasteiger partial charge < -0.3 is 4.52 Å². The van der Waals surface area contributed by atoms with Gasteiger partial charge in [0.05, 0.1) is 5.69 Å². The summed E-state index contributed by atoms with van der Waals surface area (Å²) < 4.78 is 4.66. The Kier molecular flexibility index (Phi) is 4.83. The standard InChI is InChI=1S/C17H17N3O2S/c1-2-3-4-12-5-7-13(8-6-12)15-11-23-17(18-15)19-16(21)14-9-10-22-20-14/h5-11H,2-4H2,1H3,(H,18,19,21). The Hall–Kier alpha value is -2.47. The molecule has 2 heterocycles. The lowest BCUT2D eigenvalue weighted by atomic mass is 10.1. The Bertz CT molecular complexity index is 764. The monoisotopic (exact) mass is 327 g/mol. The molecule has 6 heteroatoms. The van der Waals surface area contributed by atoms with E-state index in [0.29, 0.717) is 5.13 Å². The zero-order valence-corrected chi connectivity index (χ0v) is 13.6. The quantitative estimate of drug-likeness (QED) is 0.729. The number of carbonyl (C=O) groups excluding carboxylic acids is 1. The summed E-state index contributed by atoms with van der Waals surface area (Å²) in [5.41, 5.74) is 3.48. The molecule has 0 saturated carbocycles. The molecular formula is C17H17N3O2S. The average Bonchev–Trinajstić information content (AvgIpc) is 3.25. The van der Waals surface area contributed by atoms with Crippen molar-refractivity contribution in [2.24, 2.45) is 0 Å². The van der Waals surface area contributed by atoms with Gasteiger partial charge in [-0.3, -0.25) is 10.1 Å². The lowest BCUT2D eigenvalue weighted by molar-refractivity contribution is 0.101. The molecule has 23 heavy (non-hydrogen) atoms. The number of unbranched alkanes of at least 4 members (excludes halogenated alkanes) is 1. The Morgan fingerprint density at radius 3 is 2.78 bits per heavy atom. The van der Waals surface area contributed by atoms with Gasteiger partial charge in [-0.2, -0.15) is 0 Å². The number of benzene rings is 1. The lowest BCUT2D eigenvalue weighted by Gasteiger charge is -2.01. The number of nitrogens with one attached hydrogen (secondary N) is 1. The van der Waals surface area contributed by atoms with Crippen LogP contribution in [0.15, 0.2) is 46.5 Å². The van der Waals surface area contributed by atoms with Crippen LogP contribution in [0.5, 0.6) is 0 Å². The fourth-order valence-corrected chi connectivity index (χ4v) is 2.89. The Morgan fingerprint density at radius 2 is 2.09 bits per heavy atom. The first kappa shape index (κ1) is 15.4. The Morgan fingerprint density at radius 1 is 1.26 bits per heavy atom. The van der Waals surface area contributed by atoms with Crippen LogP contribution in [0.2, 0.25) is 0 Å². The highest BCUT2D eigenvalue weighted by atomic mass is 32.1. The molecule has 1 amide bonds. The molecule has 2 aromatic heterocycles. The fraction of sp³-hybridized carbons (Fsp3) is 0.235. The van der Waals surface area contributed by atoms with E-state index in [1.165, 1.54) is 42.1 Å². The predicted octanol–water partition coefficient (Wildman–Crippen LogP) is 4.39. The van der Waals surface area contributed by atoms with Gasteiger partial charge >= 0.3 is 0 Å². The van der Waals surface area contributed by atoms with Gasteiger partial charge in [-0.15, -0.1) is 11.3 Å². The van der Waals surface area contributed by atoms with E-state index in [1.807, 2.05) is 5.38 Å². The second kappa shape index (κ2) is 7.19. The van der Waals surface area contributed by atoms with Crippen LogP contribution in [0.1, 0.15) is 35.8 Å². The third-order valence-corrected chi connectivity index (χ3v) is 4.22. The average molecular weight is 327 g/mol. The smallest absolute Gasteiger partial charge is 0.279 e. The van der Waals surface area contributed by atoms with Crippen molar-refractivity contribution in [1.29, 1.82) is 0 Å². The van der Waals surface area contributed by atoms with Gasteiger partial charge in [0.1, 0.15) is 6.26 Å². The number of nitrogens with zero attached hydrogens (tertiary/aromatic N) is 2. The highest BCUT2D eigenvalue weighted by Gasteiger charge is 2.12. The van der Waals surface area contributed by atoms with Crippen LogP contribution in [0.4, 0.5) is 5.13 Å². The predicted molar refractivity (Wildman–Crippen MR) is 90.6 cm³/mol. The van der Waals surface area contributed by atoms with Crippen molar-refractivity contribution in [3.8, 4) is 11.3 Å². The summed E-state index contributed by atoms with van der Waals surface area (Å²) in [5, 5.41) is 8.80. The fourth-order valence-electron chi connectivity index (χ4n) is 2.18. The number of aromatic nitrogens is 2. The molecule has 0 fully saturated rings. The maximum Gasteiger partial charge on any atom is 0.279 e. The van der Waals surface area contributed by atoms with Gasteiger partial charge in [-0.1, -0.05) is 42.8 Å². The number of anilines is 1. The van der Waals surface area contributed by atoms with Gasteiger partial charge in [0.2, 0.25) is 0 Å². The number of carbonyl (C=O) groups is 1. The topological polar surface area (TPSA) is 68.0 Å². The number of hydrogen-bond acceptors (Lipinski definition) is 5. The number of rotatable bonds is 6. The summed E-state index contributed by atoms with van der Waals surface area (Å²) in [6, 6.07) is 9.93. The van der Waals surface area contributed by atoms with Crippen molar-refractivity contribution < 1.29 is 9.32 Å². The lowest BCUT2D eigenvalue weighted by Crippen LogP contribution is -2.11. The van der Waals surface area contributed by atoms with Crippen molar-refractivity contribution >= 4 is 22.4 Å². The summed E-state index contributed by atoms with van der Waals surface area (Å²) in [5.74, 6) is -0.324. The molecule has 0 aliphatic heterocycles. The third-order valence-electron chi connectivity index (χ3n) is 3.46. The first-order chi connectivity index (χ1) is 11.3. The molecule has 0 bridgehead atoms. The molecular weight excluding hydrogens is 310 g/mol. The first-order valence-corrected chi connectivity index (χ1v) is 8.41. The molecule has 0 aliphatic rings. The van der Waals surface area contributed by atoms with E-state index in [0.717, 1.165) is 17.7 Å². The highest BCUT2D eigenvalue weighted by molar-refractivity contribution is 7.14. The molecule has 0 atom stereocenters. The summed E-state index contributed by atoms with van der Waals surface area (Å²) in [6.07, 6.45) is 4.87. The SMILES string of the molecule is CCCCc1ccc(-c2csc(NC(=O)c3ccon3)n2)cc1. The zero-order valence-electron chi connectivity index (χ0n) is 12.8. The largest absolute Gasteiger partial charge is 0.364 e. The number of hydrogen-bond donors (Lipinski definition) is 1. The van der Waals surface area contributed by atoms with Crippen molar-refractivity contribution in [1.82, 2.24) is 10.1 Å². The van der Waals surface area contributed by atoms with Gasteiger partial charge in [0, 0.05) is 17.0 Å². The second-order valence-electron chi connectivity index (χ2n) is 5.18. The van der Waals surface area contributed by atoms with Gasteiger partial charge in [-0.25, -0.2) is 4.98 Å². The minimum absolute atomic E-state index is 0.238. The zero-order chi connectivity index (χ0) is 16.1. The molecule has 118 valence electrons. The molecule has 1 N–H and O–H groups in total. The van der Waals surface area contributed by atoms with Gasteiger partial charge in [0.15, 0.2) is 10.8 Å². The van der Waals surface area contributed by atoms with Gasteiger partial charge in [0.25, 0.3) is 5.91 Å². The summed E-state index contributed by atoms with van der Waals surface area (Å²) in [4.78, 5) is 16.3. The van der Waals surface area contributed by atoms with Crippen molar-refractivity contribution in [2.45, 2.75) is 26.2 Å². The molecule has 0 saturated heterocycles. The third kappa shape index (κ3) is 3.84. The molecule has 3 rings (SSSR count). The molecule has 0 aliphatic carbocycles. The summed E-state index contributed by atoms with van der Waals surface area (Å²) in [6.45, 7) is 2.19. The molecule has 3 aromatic rings. The van der Waals surface area contributed by atoms with Crippen LogP contribution in [0.3, 0.4) is 0 Å². The number of thiazole rings is 1. The summed E-state index contributed by atoms with van der Waals surface area (Å²) in [7, 11) is 0. The minimum atomic E-state index is -0.324. The van der Waals surface area contributed by atoms with Crippen molar-refractivity contribution in [2.75, 3.05) is 5.32 Å². The molecule has 0 radical (unpaired) electrons. The molecule has 0 unspecified atom stereocenters. The number of aryl methyl sites for hydroxylation is 1. The Labute approximate surface area is 138 Å². The minimum Gasteiger partial charge on any atom is -0.364 e. The normalized spacial score (nSPS) is 10.7. The van der Waals surface area contributed by atoms with Crippen molar-refractivity contribution in [3.05, 3.63) is 53.2 Å². The highest BCUT2D eigenvalue weighted by Crippen LogP contribution is 2.25. The molecule has 5 nitrogen and oxygen atoms in total. The van der Waals surface area contributed by atoms with Crippen LogP contribution in [-0.4, -0.2) is 16.0 Å². The van der Waals surface area contributed by atoms with Crippen LogP contribution < -0.4 is 5.32 Å². The summed E-state index contributed by atoms with van der Waals surface area (Å²) >= 11 is 1.39. The number of amides is 1. The Balaban J connectivity index is 1.68. The molecule has 0 spiro atoms. The van der Waals surface area contributed by atoms with E-state index in [-0.39, 0.29) is 11.6 Å². The van der Waals surface area contributed by atoms with Crippen LogP contribution in [0.25, 0.3) is 11.3 Å². The van der Waals surface area contributed by atoms with Crippen LogP contribution in [-0.2, 0) is 6.42 Å². The van der Waals surface area contributed by atoms with E-state index in [1.54, 1.807) is 0 Å². The van der Waals surface area contributed by atoms with Gasteiger partial charge in [-0.05, 0) is 18.4 Å². The van der Waals surface area contributed by atoms with E-state index in [9.17, 15) is 4.79 Å². The van der Waals surface area contributed by atoms with E-state index < -0.39 is 0 Å². The second-order valence-corrected chi connectivity index (χ2v) is 6.04. The van der Waals surface area contributed by atoms with Crippen LogP contribution in [0, 0.1) is 0 Å². The van der Waals surface area contributed by atoms with E-state index in [2.05, 4.69) is 51.2 Å². The van der Waals surface area contributed by atoms with E-state index in [4.69, 9.17) is 0 Å². The maximum absolute atomic E-state index is 11.9.